The molecule has 1 aliphatic heterocycles. The number of benzene rings is 1. The lowest BCUT2D eigenvalue weighted by atomic mass is 10.1. The second-order valence-electron chi connectivity index (χ2n) is 5.05. The van der Waals surface area contributed by atoms with Crippen LogP contribution in [0.15, 0.2) is 24.3 Å². The first-order chi connectivity index (χ1) is 9.96. The third-order valence-electron chi connectivity index (χ3n) is 3.38. The average Bonchev–Trinajstić information content (AvgIpc) is 2.46. The molecule has 0 amide bonds. The van der Waals surface area contributed by atoms with E-state index in [0.717, 1.165) is 13.1 Å². The van der Waals surface area contributed by atoms with Crippen LogP contribution in [-0.2, 0) is 20.3 Å². The average molecular weight is 313 g/mol. The second kappa shape index (κ2) is 7.02. The second-order valence-corrected chi connectivity index (χ2v) is 7.24. The predicted molar refractivity (Wildman–Crippen MR) is 78.2 cm³/mol. The molecule has 6 nitrogen and oxygen atoms in total. The zero-order chi connectivity index (χ0) is 15.3. The van der Waals surface area contributed by atoms with Crippen molar-refractivity contribution in [3.8, 4) is 0 Å². The van der Waals surface area contributed by atoms with Crippen molar-refractivity contribution in [1.29, 1.82) is 0 Å². The molecule has 2 rings (SSSR count). The van der Waals surface area contributed by atoms with Gasteiger partial charge < -0.3 is 9.84 Å². The summed E-state index contributed by atoms with van der Waals surface area (Å²) in [5.74, 6) is -1.11. The van der Waals surface area contributed by atoms with Gasteiger partial charge in [0.15, 0.2) is 9.84 Å². The van der Waals surface area contributed by atoms with Crippen LogP contribution in [0.25, 0.3) is 0 Å². The van der Waals surface area contributed by atoms with E-state index in [2.05, 4.69) is 4.90 Å². The van der Waals surface area contributed by atoms with Gasteiger partial charge in [0.05, 0.1) is 30.3 Å². The summed E-state index contributed by atoms with van der Waals surface area (Å²) in [7, 11) is -3.25. The molecule has 0 radical (unpaired) electrons. The number of morpholine rings is 1. The molecule has 116 valence electrons. The van der Waals surface area contributed by atoms with Crippen molar-refractivity contribution in [3.05, 3.63) is 35.4 Å². The molecule has 0 spiro atoms. The Bertz CT molecular complexity index is 593. The van der Waals surface area contributed by atoms with Gasteiger partial charge in [-0.2, -0.15) is 0 Å². The fourth-order valence-corrected chi connectivity index (χ4v) is 3.58. The summed E-state index contributed by atoms with van der Waals surface area (Å²) in [4.78, 5) is 12.9. The first-order valence-electron chi connectivity index (χ1n) is 6.79. The zero-order valence-corrected chi connectivity index (χ0v) is 12.5. The van der Waals surface area contributed by atoms with Crippen LogP contribution >= 0.6 is 0 Å². The monoisotopic (exact) mass is 313 g/mol. The molecule has 0 aromatic heterocycles. The Hall–Kier alpha value is -1.44. The topological polar surface area (TPSA) is 83.9 Å². The predicted octanol–water partition coefficient (Wildman–Crippen LogP) is 0.632. The lowest BCUT2D eigenvalue weighted by molar-refractivity contribution is 0.0408. The van der Waals surface area contributed by atoms with Crippen LogP contribution in [0, 0.1) is 0 Å². The fraction of sp³-hybridized carbons (Fsp3) is 0.500. The van der Waals surface area contributed by atoms with E-state index in [0.29, 0.717) is 25.3 Å². The minimum Gasteiger partial charge on any atom is -0.478 e. The number of ether oxygens (including phenoxy) is 1. The third kappa shape index (κ3) is 5.11. The van der Waals surface area contributed by atoms with Crippen molar-refractivity contribution in [3.63, 3.8) is 0 Å². The van der Waals surface area contributed by atoms with E-state index in [1.807, 2.05) is 0 Å². The van der Waals surface area contributed by atoms with Gasteiger partial charge in [0.25, 0.3) is 0 Å². The number of nitrogens with zero attached hydrogens (tertiary/aromatic N) is 1. The number of hydrogen-bond donors (Lipinski definition) is 1. The molecular formula is C14H19NO5S. The number of hydrogen-bond acceptors (Lipinski definition) is 5. The minimum absolute atomic E-state index is 0.0737. The standard InChI is InChI=1S/C14H19NO5S/c16-14(17)13-3-1-2-12(10-13)11-21(18,19)9-6-15-4-7-20-8-5-15/h1-3,10H,4-9,11H2,(H,16,17). The molecule has 1 N–H and O–H groups in total. The van der Waals surface area contributed by atoms with Crippen LogP contribution in [0.1, 0.15) is 15.9 Å². The van der Waals surface area contributed by atoms with E-state index >= 15 is 0 Å². The summed E-state index contributed by atoms with van der Waals surface area (Å²) < 4.78 is 29.5. The van der Waals surface area contributed by atoms with Gasteiger partial charge in [0, 0.05) is 19.6 Å². The van der Waals surface area contributed by atoms with Crippen LogP contribution in [-0.4, -0.2) is 63.0 Å². The molecule has 7 heteroatoms. The van der Waals surface area contributed by atoms with Gasteiger partial charge in [-0.1, -0.05) is 12.1 Å². The molecule has 0 unspecified atom stereocenters. The Balaban J connectivity index is 1.93. The summed E-state index contributed by atoms with van der Waals surface area (Å²) in [5, 5.41) is 8.91. The lowest BCUT2D eigenvalue weighted by Gasteiger charge is -2.26. The quantitative estimate of drug-likeness (QED) is 0.829. The molecule has 0 aliphatic carbocycles. The van der Waals surface area contributed by atoms with Crippen molar-refractivity contribution in [2.24, 2.45) is 0 Å². The first-order valence-corrected chi connectivity index (χ1v) is 8.61. The van der Waals surface area contributed by atoms with Gasteiger partial charge in [-0.25, -0.2) is 13.2 Å². The van der Waals surface area contributed by atoms with E-state index in [1.54, 1.807) is 12.1 Å². The van der Waals surface area contributed by atoms with Gasteiger partial charge in [0.1, 0.15) is 0 Å². The maximum absolute atomic E-state index is 12.1. The van der Waals surface area contributed by atoms with Crippen molar-refractivity contribution in [2.45, 2.75) is 5.75 Å². The van der Waals surface area contributed by atoms with Crippen LogP contribution < -0.4 is 0 Å². The van der Waals surface area contributed by atoms with E-state index in [4.69, 9.17) is 9.84 Å². The SMILES string of the molecule is O=C(O)c1cccc(CS(=O)(=O)CCN2CCOCC2)c1. The molecule has 1 fully saturated rings. The maximum Gasteiger partial charge on any atom is 0.335 e. The van der Waals surface area contributed by atoms with Crippen molar-refractivity contribution in [1.82, 2.24) is 4.90 Å². The molecule has 1 aromatic carbocycles. The Kier molecular flexibility index (Phi) is 5.33. The molecule has 1 aromatic rings. The molecule has 21 heavy (non-hydrogen) atoms. The largest absolute Gasteiger partial charge is 0.478 e. The molecule has 0 bridgehead atoms. The van der Waals surface area contributed by atoms with Gasteiger partial charge in [-0.15, -0.1) is 0 Å². The van der Waals surface area contributed by atoms with Crippen molar-refractivity contribution >= 4 is 15.8 Å². The Morgan fingerprint density at radius 3 is 2.67 bits per heavy atom. The van der Waals surface area contributed by atoms with Crippen LogP contribution in [0.4, 0.5) is 0 Å². The molecule has 0 atom stereocenters. The van der Waals surface area contributed by atoms with Crippen molar-refractivity contribution < 1.29 is 23.1 Å². The summed E-state index contributed by atoms with van der Waals surface area (Å²) >= 11 is 0. The maximum atomic E-state index is 12.1. The zero-order valence-electron chi connectivity index (χ0n) is 11.7. The summed E-state index contributed by atoms with van der Waals surface area (Å²) in [6.07, 6.45) is 0. The third-order valence-corrected chi connectivity index (χ3v) is 4.96. The summed E-state index contributed by atoms with van der Waals surface area (Å²) in [5.41, 5.74) is 0.618. The minimum atomic E-state index is -3.25. The molecule has 1 heterocycles. The molecule has 1 saturated heterocycles. The van der Waals surface area contributed by atoms with Crippen LogP contribution in [0.3, 0.4) is 0 Å². The van der Waals surface area contributed by atoms with E-state index in [9.17, 15) is 13.2 Å². The van der Waals surface area contributed by atoms with E-state index in [-0.39, 0.29) is 17.1 Å². The number of aromatic carboxylic acids is 1. The number of sulfone groups is 1. The van der Waals surface area contributed by atoms with E-state index in [1.165, 1.54) is 12.1 Å². The lowest BCUT2D eigenvalue weighted by Crippen LogP contribution is -2.39. The van der Waals surface area contributed by atoms with E-state index < -0.39 is 15.8 Å². The number of carboxylic acids is 1. The Morgan fingerprint density at radius 2 is 2.00 bits per heavy atom. The van der Waals surface area contributed by atoms with Crippen LogP contribution in [0.5, 0.6) is 0 Å². The highest BCUT2D eigenvalue weighted by molar-refractivity contribution is 7.90. The van der Waals surface area contributed by atoms with Gasteiger partial charge in [-0.05, 0) is 17.7 Å². The number of carboxylic acid groups (broad SMARTS) is 1. The normalized spacial score (nSPS) is 16.8. The molecule has 1 aliphatic rings. The Morgan fingerprint density at radius 1 is 1.29 bits per heavy atom. The van der Waals surface area contributed by atoms with Gasteiger partial charge in [-0.3, -0.25) is 4.90 Å². The summed E-state index contributed by atoms with van der Waals surface area (Å²) in [6.45, 7) is 3.28. The highest BCUT2D eigenvalue weighted by Gasteiger charge is 2.17. The Labute approximate surface area is 124 Å². The molecular weight excluding hydrogens is 294 g/mol. The number of carbonyl (C=O) groups is 1. The van der Waals surface area contributed by atoms with Gasteiger partial charge >= 0.3 is 5.97 Å². The fourth-order valence-electron chi connectivity index (χ4n) is 2.21. The first kappa shape index (κ1) is 15.9. The highest BCUT2D eigenvalue weighted by Crippen LogP contribution is 2.10. The van der Waals surface area contributed by atoms with Crippen LogP contribution in [0.2, 0.25) is 0 Å². The smallest absolute Gasteiger partial charge is 0.335 e. The van der Waals surface area contributed by atoms with Crippen molar-refractivity contribution in [2.75, 3.05) is 38.6 Å². The highest BCUT2D eigenvalue weighted by atomic mass is 32.2. The number of rotatable bonds is 6. The summed E-state index contributed by atoms with van der Waals surface area (Å²) in [6, 6.07) is 6.07. The van der Waals surface area contributed by atoms with Gasteiger partial charge in [0.2, 0.25) is 0 Å². The molecule has 0 saturated carbocycles.